The fourth-order valence-electron chi connectivity index (χ4n) is 3.34. The maximum Gasteiger partial charge on any atom is 0.338 e. The van der Waals surface area contributed by atoms with Crippen LogP contribution >= 0.6 is 0 Å². The molecule has 2 amide bonds. The quantitative estimate of drug-likeness (QED) is 0.705. The number of urea groups is 1. The van der Waals surface area contributed by atoms with Crippen LogP contribution in [0.4, 0.5) is 9.18 Å². The van der Waals surface area contributed by atoms with Crippen molar-refractivity contribution in [1.29, 1.82) is 0 Å². The van der Waals surface area contributed by atoms with Crippen LogP contribution in [0.25, 0.3) is 0 Å². The van der Waals surface area contributed by atoms with Gasteiger partial charge in [-0.15, -0.1) is 0 Å². The molecule has 7 heteroatoms. The van der Waals surface area contributed by atoms with Crippen LogP contribution in [0.5, 0.6) is 0 Å². The molecule has 0 spiro atoms. The number of nitrogens with zero attached hydrogens (tertiary/aromatic N) is 1. The van der Waals surface area contributed by atoms with Gasteiger partial charge in [0, 0.05) is 18.8 Å². The molecule has 0 saturated carbocycles. The molecule has 1 unspecified atom stereocenters. The van der Waals surface area contributed by atoms with Gasteiger partial charge in [0.15, 0.2) is 0 Å². The van der Waals surface area contributed by atoms with E-state index in [1.54, 1.807) is 12.1 Å². The fourth-order valence-corrected chi connectivity index (χ4v) is 3.34. The van der Waals surface area contributed by atoms with Crippen molar-refractivity contribution in [1.82, 2.24) is 15.5 Å². The summed E-state index contributed by atoms with van der Waals surface area (Å²) in [6.07, 6.45) is 0. The Morgan fingerprint density at radius 1 is 1.10 bits per heavy atom. The van der Waals surface area contributed by atoms with E-state index in [0.29, 0.717) is 29.9 Å². The minimum Gasteiger partial charge on any atom is -0.466 e. The van der Waals surface area contributed by atoms with Gasteiger partial charge in [0.2, 0.25) is 0 Å². The van der Waals surface area contributed by atoms with E-state index in [4.69, 9.17) is 4.74 Å². The summed E-state index contributed by atoms with van der Waals surface area (Å²) in [6, 6.07) is 14.5. The molecule has 0 bridgehead atoms. The molecule has 0 radical (unpaired) electrons. The molecule has 1 aliphatic rings. The second-order valence-electron chi connectivity index (χ2n) is 6.76. The summed E-state index contributed by atoms with van der Waals surface area (Å²) in [5.41, 5.74) is 2.52. The molecule has 2 aromatic carbocycles. The highest BCUT2D eigenvalue weighted by Crippen LogP contribution is 2.28. The van der Waals surface area contributed by atoms with E-state index in [0.717, 1.165) is 12.1 Å². The number of carbonyl (C=O) groups is 2. The number of benzene rings is 2. The number of nitrogens with one attached hydrogen (secondary N) is 2. The van der Waals surface area contributed by atoms with Crippen LogP contribution < -0.4 is 10.6 Å². The third-order valence-corrected chi connectivity index (χ3v) is 4.84. The van der Waals surface area contributed by atoms with Crippen LogP contribution in [0.3, 0.4) is 0 Å². The van der Waals surface area contributed by atoms with E-state index in [9.17, 15) is 14.0 Å². The van der Waals surface area contributed by atoms with Gasteiger partial charge in [0.1, 0.15) is 5.82 Å². The second kappa shape index (κ2) is 9.34. The predicted octanol–water partition coefficient (Wildman–Crippen LogP) is 3.13. The summed E-state index contributed by atoms with van der Waals surface area (Å²) in [5, 5.41) is 5.50. The Hall–Kier alpha value is -3.19. The first-order chi connectivity index (χ1) is 14.0. The van der Waals surface area contributed by atoms with Gasteiger partial charge in [-0.2, -0.15) is 0 Å². The van der Waals surface area contributed by atoms with Crippen LogP contribution in [-0.2, 0) is 16.1 Å². The first kappa shape index (κ1) is 20.5. The summed E-state index contributed by atoms with van der Waals surface area (Å²) >= 11 is 0. The number of ether oxygens (including phenoxy) is 1. The Morgan fingerprint density at radius 2 is 1.79 bits per heavy atom. The number of hydrogen-bond donors (Lipinski definition) is 2. The largest absolute Gasteiger partial charge is 0.466 e. The standard InChI is InChI=1S/C22H24FN3O3/c1-3-26(13-15-7-5-4-6-8-15)14-18-19(21(27)29-2)20(25-22(28)24-18)16-9-11-17(23)12-10-16/h4-12,20H,3,13-14H2,1-2H3,(H2,24,25,28). The predicted molar refractivity (Wildman–Crippen MR) is 107 cm³/mol. The molecule has 0 aliphatic carbocycles. The highest BCUT2D eigenvalue weighted by Gasteiger charge is 2.34. The van der Waals surface area contributed by atoms with Crippen molar-refractivity contribution in [3.05, 3.63) is 82.8 Å². The van der Waals surface area contributed by atoms with Crippen molar-refractivity contribution >= 4 is 12.0 Å². The molecule has 3 rings (SSSR count). The minimum absolute atomic E-state index is 0.310. The van der Waals surface area contributed by atoms with Crippen LogP contribution in [0.2, 0.25) is 0 Å². The Balaban J connectivity index is 1.95. The minimum atomic E-state index is -0.720. The average molecular weight is 397 g/mol. The maximum atomic E-state index is 13.3. The van der Waals surface area contributed by atoms with Crippen molar-refractivity contribution < 1.29 is 18.7 Å². The van der Waals surface area contributed by atoms with Gasteiger partial charge in [0.05, 0.1) is 18.7 Å². The molecule has 1 aliphatic heterocycles. The zero-order chi connectivity index (χ0) is 20.8. The van der Waals surface area contributed by atoms with Crippen LogP contribution in [0, 0.1) is 5.82 Å². The molecule has 0 saturated heterocycles. The van der Waals surface area contributed by atoms with Gasteiger partial charge in [-0.3, -0.25) is 4.90 Å². The lowest BCUT2D eigenvalue weighted by Crippen LogP contribution is -2.48. The number of methoxy groups -OCH3 is 1. The van der Waals surface area contributed by atoms with Crippen molar-refractivity contribution in [2.45, 2.75) is 19.5 Å². The normalized spacial score (nSPS) is 16.4. The monoisotopic (exact) mass is 397 g/mol. The van der Waals surface area contributed by atoms with E-state index in [1.165, 1.54) is 19.2 Å². The van der Waals surface area contributed by atoms with Crippen LogP contribution in [0.15, 0.2) is 65.9 Å². The van der Waals surface area contributed by atoms with E-state index >= 15 is 0 Å². The Morgan fingerprint density at radius 3 is 2.41 bits per heavy atom. The number of esters is 1. The van der Waals surface area contributed by atoms with Crippen LogP contribution in [0.1, 0.15) is 24.1 Å². The summed E-state index contributed by atoms with van der Waals surface area (Å²) in [6.45, 7) is 3.76. The summed E-state index contributed by atoms with van der Waals surface area (Å²) in [4.78, 5) is 27.0. The molecular formula is C22H24FN3O3. The summed E-state index contributed by atoms with van der Waals surface area (Å²) in [5.74, 6) is -0.935. The van der Waals surface area contributed by atoms with E-state index in [2.05, 4.69) is 15.5 Å². The zero-order valence-electron chi connectivity index (χ0n) is 16.4. The number of carbonyl (C=O) groups excluding carboxylic acids is 2. The van der Waals surface area contributed by atoms with E-state index in [1.807, 2.05) is 37.3 Å². The lowest BCUT2D eigenvalue weighted by Gasteiger charge is -2.31. The molecule has 6 nitrogen and oxygen atoms in total. The van der Waals surface area contributed by atoms with Gasteiger partial charge in [-0.05, 0) is 29.8 Å². The van der Waals surface area contributed by atoms with Gasteiger partial charge >= 0.3 is 12.0 Å². The Kier molecular flexibility index (Phi) is 6.61. The third kappa shape index (κ3) is 5.00. The van der Waals surface area contributed by atoms with Crippen molar-refractivity contribution in [3.8, 4) is 0 Å². The van der Waals surface area contributed by atoms with Crippen LogP contribution in [-0.4, -0.2) is 37.1 Å². The number of hydrogen-bond acceptors (Lipinski definition) is 4. The molecule has 0 aromatic heterocycles. The Bertz CT molecular complexity index is 897. The topological polar surface area (TPSA) is 70.7 Å². The number of halogens is 1. The molecule has 2 N–H and O–H groups in total. The third-order valence-electron chi connectivity index (χ3n) is 4.84. The van der Waals surface area contributed by atoms with Gasteiger partial charge in [-0.1, -0.05) is 49.4 Å². The molecule has 2 aromatic rings. The maximum absolute atomic E-state index is 13.3. The van der Waals surface area contributed by atoms with E-state index < -0.39 is 23.9 Å². The molecule has 29 heavy (non-hydrogen) atoms. The van der Waals surface area contributed by atoms with Crippen molar-refractivity contribution in [3.63, 3.8) is 0 Å². The summed E-state index contributed by atoms with van der Waals surface area (Å²) < 4.78 is 18.3. The van der Waals surface area contributed by atoms with Crippen molar-refractivity contribution in [2.75, 3.05) is 20.2 Å². The molecule has 1 atom stereocenters. The lowest BCUT2D eigenvalue weighted by molar-refractivity contribution is -0.136. The van der Waals surface area contributed by atoms with Gasteiger partial charge in [0.25, 0.3) is 0 Å². The highest BCUT2D eigenvalue weighted by molar-refractivity contribution is 5.95. The van der Waals surface area contributed by atoms with Gasteiger partial charge < -0.3 is 15.4 Å². The number of amides is 2. The number of likely N-dealkylation sites (N-methyl/N-ethyl adjacent to an activating group) is 1. The van der Waals surface area contributed by atoms with E-state index in [-0.39, 0.29) is 0 Å². The zero-order valence-corrected chi connectivity index (χ0v) is 16.4. The second-order valence-corrected chi connectivity index (χ2v) is 6.76. The summed E-state index contributed by atoms with van der Waals surface area (Å²) in [7, 11) is 1.30. The smallest absolute Gasteiger partial charge is 0.338 e. The Labute approximate surface area is 169 Å². The highest BCUT2D eigenvalue weighted by atomic mass is 19.1. The fraction of sp³-hybridized carbons (Fsp3) is 0.273. The first-order valence-electron chi connectivity index (χ1n) is 9.42. The molecular weight excluding hydrogens is 373 g/mol. The molecule has 0 fully saturated rings. The number of rotatable bonds is 7. The van der Waals surface area contributed by atoms with Crippen molar-refractivity contribution in [2.24, 2.45) is 0 Å². The molecule has 1 heterocycles. The lowest BCUT2D eigenvalue weighted by atomic mass is 9.95. The first-order valence-corrected chi connectivity index (χ1v) is 9.42. The average Bonchev–Trinajstić information content (AvgIpc) is 2.73. The SMILES string of the molecule is CCN(CC1=C(C(=O)OC)C(c2ccc(F)cc2)NC(=O)N1)Cc1ccccc1. The van der Waals surface area contributed by atoms with Gasteiger partial charge in [-0.25, -0.2) is 14.0 Å². The molecule has 152 valence electrons.